The summed E-state index contributed by atoms with van der Waals surface area (Å²) in [6.07, 6.45) is 11.6. The molecule has 0 bridgehead atoms. The van der Waals surface area contributed by atoms with Gasteiger partial charge in [-0.1, -0.05) is 39.0 Å². The Kier molecular flexibility index (Phi) is 4.66. The Bertz CT molecular complexity index is 201. The summed E-state index contributed by atoms with van der Waals surface area (Å²) in [5.41, 5.74) is 0. The molecule has 0 heterocycles. The summed E-state index contributed by atoms with van der Waals surface area (Å²) < 4.78 is 0. The summed E-state index contributed by atoms with van der Waals surface area (Å²) in [4.78, 5) is 2.61. The van der Waals surface area contributed by atoms with Gasteiger partial charge in [0.1, 0.15) is 0 Å². The monoisotopic (exact) mass is 225 g/mol. The molecule has 0 aliphatic heterocycles. The predicted octanol–water partition coefficient (Wildman–Crippen LogP) is 2.94. The maximum atomic E-state index is 10.2. The lowest BCUT2D eigenvalue weighted by Gasteiger charge is -2.43. The number of aliphatic hydroxyl groups excluding tert-OH is 1. The highest BCUT2D eigenvalue weighted by atomic mass is 16.3. The normalized spacial score (nSPS) is 33.2. The topological polar surface area (TPSA) is 23.5 Å². The summed E-state index contributed by atoms with van der Waals surface area (Å²) in [6, 6.07) is 1.22. The fourth-order valence-electron chi connectivity index (χ4n) is 3.65. The maximum absolute atomic E-state index is 10.2. The van der Waals surface area contributed by atoms with E-state index in [9.17, 15) is 5.11 Å². The van der Waals surface area contributed by atoms with Crippen LogP contribution in [-0.2, 0) is 0 Å². The van der Waals surface area contributed by atoms with E-state index in [4.69, 9.17) is 0 Å². The lowest BCUT2D eigenvalue weighted by Crippen LogP contribution is -2.50. The van der Waals surface area contributed by atoms with Crippen LogP contribution in [0.25, 0.3) is 0 Å². The number of rotatable bonds is 3. The van der Waals surface area contributed by atoms with Gasteiger partial charge < -0.3 is 5.11 Å². The van der Waals surface area contributed by atoms with Crippen LogP contribution in [0.2, 0.25) is 0 Å². The van der Waals surface area contributed by atoms with Crippen LogP contribution in [0.4, 0.5) is 0 Å². The first kappa shape index (κ1) is 12.4. The molecule has 16 heavy (non-hydrogen) atoms. The molecular weight excluding hydrogens is 198 g/mol. The van der Waals surface area contributed by atoms with Crippen LogP contribution in [0.3, 0.4) is 0 Å². The molecular formula is C14H27NO. The van der Waals surface area contributed by atoms with Gasteiger partial charge in [-0.2, -0.15) is 0 Å². The summed E-state index contributed by atoms with van der Waals surface area (Å²) in [5, 5.41) is 10.2. The van der Waals surface area contributed by atoms with Crippen molar-refractivity contribution in [3.05, 3.63) is 0 Å². The average molecular weight is 225 g/mol. The minimum absolute atomic E-state index is 0.0596. The molecule has 0 spiro atoms. The number of nitrogens with zero attached hydrogens (tertiary/aromatic N) is 1. The van der Waals surface area contributed by atoms with E-state index in [-0.39, 0.29) is 6.10 Å². The molecule has 2 aliphatic carbocycles. The number of likely N-dealkylation sites (N-methyl/N-ethyl adjacent to an activating group) is 1. The van der Waals surface area contributed by atoms with E-state index in [0.29, 0.717) is 6.04 Å². The van der Waals surface area contributed by atoms with E-state index in [1.54, 1.807) is 0 Å². The van der Waals surface area contributed by atoms with Crippen LogP contribution in [0.1, 0.15) is 64.7 Å². The van der Waals surface area contributed by atoms with Crippen molar-refractivity contribution in [3.63, 3.8) is 0 Å². The van der Waals surface area contributed by atoms with Gasteiger partial charge in [0, 0.05) is 12.1 Å². The minimum Gasteiger partial charge on any atom is -0.391 e. The molecule has 2 nitrogen and oxygen atoms in total. The number of hydrogen-bond donors (Lipinski definition) is 1. The molecule has 2 rings (SSSR count). The van der Waals surface area contributed by atoms with Crippen molar-refractivity contribution in [2.45, 2.75) is 82.9 Å². The zero-order chi connectivity index (χ0) is 11.4. The Morgan fingerprint density at radius 1 is 0.938 bits per heavy atom. The fourth-order valence-corrected chi connectivity index (χ4v) is 3.65. The van der Waals surface area contributed by atoms with Crippen molar-refractivity contribution < 1.29 is 5.11 Å². The first-order chi connectivity index (χ1) is 7.83. The van der Waals surface area contributed by atoms with Gasteiger partial charge in [-0.05, 0) is 32.2 Å². The molecule has 0 aromatic rings. The first-order valence-corrected chi connectivity index (χ1v) is 7.26. The second kappa shape index (κ2) is 6.02. The van der Waals surface area contributed by atoms with E-state index in [1.807, 2.05) is 0 Å². The summed E-state index contributed by atoms with van der Waals surface area (Å²) in [5.74, 6) is 0. The van der Waals surface area contributed by atoms with Crippen LogP contribution in [-0.4, -0.2) is 34.7 Å². The van der Waals surface area contributed by atoms with Gasteiger partial charge in [0.2, 0.25) is 0 Å². The van der Waals surface area contributed by atoms with Crippen LogP contribution in [0.15, 0.2) is 0 Å². The summed E-state index contributed by atoms with van der Waals surface area (Å²) in [7, 11) is 0. The van der Waals surface area contributed by atoms with Gasteiger partial charge in [0.05, 0.1) is 6.10 Å². The van der Waals surface area contributed by atoms with Crippen molar-refractivity contribution in [1.82, 2.24) is 4.90 Å². The SMILES string of the molecule is CCN(C1CCCCC1)[C@H]1CCCC[C@@H]1O. The van der Waals surface area contributed by atoms with Crippen molar-refractivity contribution in [2.75, 3.05) is 6.54 Å². The van der Waals surface area contributed by atoms with Crippen LogP contribution < -0.4 is 0 Å². The van der Waals surface area contributed by atoms with Gasteiger partial charge in [0.15, 0.2) is 0 Å². The minimum atomic E-state index is -0.0596. The molecule has 0 aromatic carbocycles. The second-order valence-corrected chi connectivity index (χ2v) is 5.54. The molecule has 2 saturated carbocycles. The molecule has 1 N–H and O–H groups in total. The van der Waals surface area contributed by atoms with E-state index in [0.717, 1.165) is 19.0 Å². The van der Waals surface area contributed by atoms with Gasteiger partial charge in [-0.3, -0.25) is 4.90 Å². The van der Waals surface area contributed by atoms with E-state index in [2.05, 4.69) is 11.8 Å². The Hall–Kier alpha value is -0.0800. The molecule has 2 aliphatic rings. The van der Waals surface area contributed by atoms with E-state index in [1.165, 1.54) is 51.4 Å². The molecule has 0 unspecified atom stereocenters. The number of aliphatic hydroxyl groups is 1. The highest BCUT2D eigenvalue weighted by Gasteiger charge is 2.32. The highest BCUT2D eigenvalue weighted by molar-refractivity contribution is 4.87. The van der Waals surface area contributed by atoms with Gasteiger partial charge in [0.25, 0.3) is 0 Å². The van der Waals surface area contributed by atoms with Crippen molar-refractivity contribution in [1.29, 1.82) is 0 Å². The summed E-state index contributed by atoms with van der Waals surface area (Å²) >= 11 is 0. The Morgan fingerprint density at radius 2 is 1.56 bits per heavy atom. The zero-order valence-corrected chi connectivity index (χ0v) is 10.7. The van der Waals surface area contributed by atoms with E-state index < -0.39 is 0 Å². The van der Waals surface area contributed by atoms with Crippen LogP contribution in [0.5, 0.6) is 0 Å². The lowest BCUT2D eigenvalue weighted by atomic mass is 9.87. The Balaban J connectivity index is 1.96. The molecule has 2 atom stereocenters. The van der Waals surface area contributed by atoms with Gasteiger partial charge in [-0.15, -0.1) is 0 Å². The van der Waals surface area contributed by atoms with Crippen LogP contribution in [0, 0.1) is 0 Å². The van der Waals surface area contributed by atoms with Crippen molar-refractivity contribution >= 4 is 0 Å². The Labute approximate surface area is 100 Å². The standard InChI is InChI=1S/C14H27NO/c1-2-15(12-8-4-3-5-9-12)13-10-6-7-11-14(13)16/h12-14,16H,2-11H2,1H3/t13-,14-/m0/s1. The average Bonchev–Trinajstić information content (AvgIpc) is 2.34. The molecule has 0 radical (unpaired) electrons. The third-order valence-corrected chi connectivity index (χ3v) is 4.53. The van der Waals surface area contributed by atoms with E-state index >= 15 is 0 Å². The van der Waals surface area contributed by atoms with Crippen molar-refractivity contribution in [3.8, 4) is 0 Å². The third-order valence-electron chi connectivity index (χ3n) is 4.53. The van der Waals surface area contributed by atoms with Crippen molar-refractivity contribution in [2.24, 2.45) is 0 Å². The van der Waals surface area contributed by atoms with Gasteiger partial charge >= 0.3 is 0 Å². The first-order valence-electron chi connectivity index (χ1n) is 7.26. The molecule has 0 aromatic heterocycles. The van der Waals surface area contributed by atoms with Gasteiger partial charge in [-0.25, -0.2) is 0 Å². The second-order valence-electron chi connectivity index (χ2n) is 5.54. The highest BCUT2D eigenvalue weighted by Crippen LogP contribution is 2.29. The molecule has 0 saturated heterocycles. The lowest BCUT2D eigenvalue weighted by molar-refractivity contribution is -0.00712. The van der Waals surface area contributed by atoms with Crippen LogP contribution >= 0.6 is 0 Å². The smallest absolute Gasteiger partial charge is 0.0695 e. The predicted molar refractivity (Wildman–Crippen MR) is 67.5 cm³/mol. The molecule has 2 heteroatoms. The fraction of sp³-hybridized carbons (Fsp3) is 1.00. The molecule has 94 valence electrons. The quantitative estimate of drug-likeness (QED) is 0.798. The zero-order valence-electron chi connectivity index (χ0n) is 10.7. The summed E-state index contributed by atoms with van der Waals surface area (Å²) in [6.45, 7) is 3.38. The Morgan fingerprint density at radius 3 is 2.19 bits per heavy atom. The molecule has 2 fully saturated rings. The molecule has 0 amide bonds. The largest absolute Gasteiger partial charge is 0.391 e. The number of hydrogen-bond acceptors (Lipinski definition) is 2. The maximum Gasteiger partial charge on any atom is 0.0695 e. The third kappa shape index (κ3) is 2.78.